The van der Waals surface area contributed by atoms with Crippen LogP contribution in [0.4, 0.5) is 0 Å². The van der Waals surface area contributed by atoms with Gasteiger partial charge < -0.3 is 4.74 Å². The highest BCUT2D eigenvalue weighted by Crippen LogP contribution is 2.07. The van der Waals surface area contributed by atoms with Crippen molar-refractivity contribution in [3.8, 4) is 5.75 Å². The van der Waals surface area contributed by atoms with Gasteiger partial charge in [0.15, 0.2) is 0 Å². The maximum atomic E-state index is 5.28. The molecule has 1 radical (unpaired) electrons. The van der Waals surface area contributed by atoms with Gasteiger partial charge in [-0.1, -0.05) is 32.0 Å². The molecule has 0 saturated heterocycles. The van der Waals surface area contributed by atoms with Crippen LogP contribution in [0, 0.1) is 12.0 Å². The number of allylic oxidation sites excluding steroid dienone is 1. The first kappa shape index (κ1) is 8.85. The third-order valence-electron chi connectivity index (χ3n) is 1.34. The third-order valence-corrected chi connectivity index (χ3v) is 1.34. The van der Waals surface area contributed by atoms with Gasteiger partial charge in [-0.3, -0.25) is 0 Å². The van der Waals surface area contributed by atoms with Crippen LogP contribution in [0.3, 0.4) is 0 Å². The minimum absolute atomic E-state index is 0.522. The number of ether oxygens (including phenoxy) is 1. The fourth-order valence-electron chi connectivity index (χ4n) is 0.720. The monoisotopic (exact) mass is 161 g/mol. The van der Waals surface area contributed by atoms with Gasteiger partial charge in [0.2, 0.25) is 0 Å². The lowest BCUT2D eigenvalue weighted by molar-refractivity contribution is 0.474. The van der Waals surface area contributed by atoms with Gasteiger partial charge in [0.05, 0.1) is 6.26 Å². The maximum Gasteiger partial charge on any atom is 0.134 e. The largest absolute Gasteiger partial charge is 0.465 e. The van der Waals surface area contributed by atoms with E-state index in [0.29, 0.717) is 5.92 Å². The third kappa shape index (κ3) is 3.24. The summed E-state index contributed by atoms with van der Waals surface area (Å²) in [5.74, 6) is 1.28. The lowest BCUT2D eigenvalue weighted by Gasteiger charge is -1.98. The van der Waals surface area contributed by atoms with E-state index in [4.69, 9.17) is 4.74 Å². The normalized spacial score (nSPS) is 10.9. The highest BCUT2D eigenvalue weighted by atomic mass is 16.5. The molecule has 1 heteroatoms. The Balaban J connectivity index is 2.43. The summed E-state index contributed by atoms with van der Waals surface area (Å²) in [7, 11) is 0. The molecular formula is C11H13O. The van der Waals surface area contributed by atoms with E-state index in [9.17, 15) is 0 Å². The second-order valence-electron chi connectivity index (χ2n) is 2.92. The molecule has 0 aromatic heterocycles. The standard InChI is InChI=1S/C11H13O/c1-10(2)8-9-12-11-6-4-3-5-7-11/h3-6,8-10H,1-2H3. The van der Waals surface area contributed by atoms with Crippen molar-refractivity contribution in [3.63, 3.8) is 0 Å². The van der Waals surface area contributed by atoms with Crippen LogP contribution in [0.1, 0.15) is 13.8 Å². The molecule has 1 aromatic rings. The molecule has 0 aliphatic rings. The molecule has 1 rings (SSSR count). The van der Waals surface area contributed by atoms with Gasteiger partial charge in [-0.05, 0) is 18.1 Å². The van der Waals surface area contributed by atoms with Crippen molar-refractivity contribution in [2.24, 2.45) is 5.92 Å². The van der Waals surface area contributed by atoms with Crippen LogP contribution >= 0.6 is 0 Å². The number of hydrogen-bond donors (Lipinski definition) is 0. The number of hydrogen-bond acceptors (Lipinski definition) is 1. The molecule has 0 heterocycles. The molecule has 0 saturated carbocycles. The summed E-state index contributed by atoms with van der Waals surface area (Å²) in [6, 6.07) is 10.5. The van der Waals surface area contributed by atoms with Crippen LogP contribution in [-0.2, 0) is 0 Å². The molecule has 0 unspecified atom stereocenters. The van der Waals surface area contributed by atoms with Gasteiger partial charge in [0, 0.05) is 6.07 Å². The SMILES string of the molecule is CC(C)C=COc1[c]cccc1. The summed E-state index contributed by atoms with van der Waals surface area (Å²) in [4.78, 5) is 0. The Kier molecular flexibility index (Phi) is 3.39. The average Bonchev–Trinajstić information content (AvgIpc) is 2.05. The molecule has 1 nitrogen and oxygen atoms in total. The van der Waals surface area contributed by atoms with E-state index in [1.54, 1.807) is 6.26 Å². The van der Waals surface area contributed by atoms with Crippen LogP contribution in [0.2, 0.25) is 0 Å². The van der Waals surface area contributed by atoms with E-state index in [0.717, 1.165) is 5.75 Å². The smallest absolute Gasteiger partial charge is 0.134 e. The first-order valence-electron chi connectivity index (χ1n) is 4.09. The van der Waals surface area contributed by atoms with Crippen LogP contribution in [0.25, 0.3) is 0 Å². The molecule has 0 bridgehead atoms. The Bertz CT molecular complexity index is 236. The van der Waals surface area contributed by atoms with Crippen molar-refractivity contribution < 1.29 is 4.74 Å². The number of benzene rings is 1. The number of rotatable bonds is 3. The predicted octanol–water partition coefficient (Wildman–Crippen LogP) is 3.04. The summed E-state index contributed by atoms with van der Waals surface area (Å²) in [6.45, 7) is 4.21. The molecule has 0 N–H and O–H groups in total. The van der Waals surface area contributed by atoms with Gasteiger partial charge in [0.25, 0.3) is 0 Å². The Hall–Kier alpha value is -1.24. The molecule has 0 aliphatic heterocycles. The van der Waals surface area contributed by atoms with E-state index < -0.39 is 0 Å². The zero-order valence-electron chi connectivity index (χ0n) is 7.45. The second-order valence-corrected chi connectivity index (χ2v) is 2.92. The van der Waals surface area contributed by atoms with E-state index in [1.165, 1.54) is 0 Å². The number of para-hydroxylation sites is 1. The van der Waals surface area contributed by atoms with E-state index in [-0.39, 0.29) is 0 Å². The second kappa shape index (κ2) is 4.60. The van der Waals surface area contributed by atoms with E-state index >= 15 is 0 Å². The Morgan fingerprint density at radius 2 is 2.25 bits per heavy atom. The first-order valence-corrected chi connectivity index (χ1v) is 4.09. The summed E-state index contributed by atoms with van der Waals surface area (Å²) in [5, 5.41) is 0. The van der Waals surface area contributed by atoms with Crippen molar-refractivity contribution in [2.75, 3.05) is 0 Å². The molecule has 12 heavy (non-hydrogen) atoms. The first-order chi connectivity index (χ1) is 5.79. The summed E-state index contributed by atoms with van der Waals surface area (Å²) < 4.78 is 5.28. The van der Waals surface area contributed by atoms with Crippen LogP contribution in [0.15, 0.2) is 36.6 Å². The molecule has 63 valence electrons. The molecule has 0 spiro atoms. The summed E-state index contributed by atoms with van der Waals surface area (Å²) in [6.07, 6.45) is 3.71. The van der Waals surface area contributed by atoms with Crippen molar-refractivity contribution in [1.82, 2.24) is 0 Å². The van der Waals surface area contributed by atoms with Crippen molar-refractivity contribution in [2.45, 2.75) is 13.8 Å². The molecule has 0 aliphatic carbocycles. The lowest BCUT2D eigenvalue weighted by Crippen LogP contribution is -1.84. The van der Waals surface area contributed by atoms with Gasteiger partial charge in [-0.25, -0.2) is 0 Å². The van der Waals surface area contributed by atoms with Crippen molar-refractivity contribution >= 4 is 0 Å². The minimum atomic E-state index is 0.522. The Labute approximate surface area is 73.7 Å². The average molecular weight is 161 g/mol. The minimum Gasteiger partial charge on any atom is -0.465 e. The van der Waals surface area contributed by atoms with Crippen LogP contribution in [0.5, 0.6) is 5.75 Å². The molecule has 0 amide bonds. The maximum absolute atomic E-state index is 5.28. The van der Waals surface area contributed by atoms with Crippen LogP contribution in [-0.4, -0.2) is 0 Å². The highest BCUT2D eigenvalue weighted by molar-refractivity contribution is 5.20. The quantitative estimate of drug-likeness (QED) is 0.619. The molecule has 0 atom stereocenters. The van der Waals surface area contributed by atoms with Gasteiger partial charge in [-0.2, -0.15) is 0 Å². The van der Waals surface area contributed by atoms with Crippen molar-refractivity contribution in [1.29, 1.82) is 0 Å². The Morgan fingerprint density at radius 1 is 1.42 bits per heavy atom. The fourth-order valence-corrected chi connectivity index (χ4v) is 0.720. The van der Waals surface area contributed by atoms with E-state index in [2.05, 4.69) is 19.9 Å². The van der Waals surface area contributed by atoms with Crippen LogP contribution < -0.4 is 4.74 Å². The molecule has 0 fully saturated rings. The zero-order valence-corrected chi connectivity index (χ0v) is 7.45. The highest BCUT2D eigenvalue weighted by Gasteiger charge is 1.87. The summed E-state index contributed by atoms with van der Waals surface area (Å²) >= 11 is 0. The predicted molar refractivity (Wildman–Crippen MR) is 49.9 cm³/mol. The summed E-state index contributed by atoms with van der Waals surface area (Å²) in [5.41, 5.74) is 0. The van der Waals surface area contributed by atoms with Crippen molar-refractivity contribution in [3.05, 3.63) is 42.7 Å². The Morgan fingerprint density at radius 3 is 2.83 bits per heavy atom. The van der Waals surface area contributed by atoms with Gasteiger partial charge in [0.1, 0.15) is 5.75 Å². The zero-order chi connectivity index (χ0) is 8.81. The fraction of sp³-hybridized carbons (Fsp3) is 0.273. The molecular weight excluding hydrogens is 148 g/mol. The van der Waals surface area contributed by atoms with Gasteiger partial charge >= 0.3 is 0 Å². The lowest BCUT2D eigenvalue weighted by atomic mass is 10.2. The van der Waals surface area contributed by atoms with E-state index in [1.807, 2.05) is 30.3 Å². The van der Waals surface area contributed by atoms with Gasteiger partial charge in [-0.15, -0.1) is 0 Å². The molecule has 1 aromatic carbocycles. The topological polar surface area (TPSA) is 9.23 Å².